The van der Waals surface area contributed by atoms with Gasteiger partial charge in [-0.05, 0) is 17.5 Å². The summed E-state index contributed by atoms with van der Waals surface area (Å²) in [5.41, 5.74) is -0.0529. The van der Waals surface area contributed by atoms with Crippen molar-refractivity contribution < 1.29 is 9.32 Å². The summed E-state index contributed by atoms with van der Waals surface area (Å²) in [7, 11) is 0. The monoisotopic (exact) mass is 302 g/mol. The van der Waals surface area contributed by atoms with E-state index in [2.05, 4.69) is 20.4 Å². The van der Waals surface area contributed by atoms with Crippen molar-refractivity contribution in [3.63, 3.8) is 0 Å². The summed E-state index contributed by atoms with van der Waals surface area (Å²) in [6.07, 6.45) is 1.42. The molecule has 0 saturated heterocycles. The molecule has 0 fully saturated rings. The molecule has 0 bridgehead atoms. The van der Waals surface area contributed by atoms with E-state index >= 15 is 0 Å². The van der Waals surface area contributed by atoms with E-state index in [1.54, 1.807) is 0 Å². The van der Waals surface area contributed by atoms with Crippen molar-refractivity contribution in [1.29, 1.82) is 0 Å². The molecule has 0 atom stereocenters. The number of hydrogen-bond donors (Lipinski definition) is 2. The first-order valence-electron chi connectivity index (χ1n) is 6.06. The number of aromatic amines is 1. The Morgan fingerprint density at radius 3 is 3.10 bits per heavy atom. The topological polar surface area (TPSA) is 101 Å². The highest BCUT2D eigenvalue weighted by Gasteiger charge is 2.11. The second-order valence-electron chi connectivity index (χ2n) is 4.12. The molecule has 0 aliphatic carbocycles. The Bertz CT molecular complexity index is 807. The van der Waals surface area contributed by atoms with Gasteiger partial charge in [0.25, 0.3) is 11.8 Å². The van der Waals surface area contributed by atoms with Crippen LogP contribution in [0.2, 0.25) is 0 Å². The molecular formula is C13H10N4O3S. The standard InChI is InChI=1S/C13H10N4O3S/c18-11-6-8(3-4-14-11)12(19)15-7-10-16-13(20-17-10)9-2-1-5-21-9/h1-6H,7H2,(H,14,18)(H,15,19). The van der Waals surface area contributed by atoms with Gasteiger partial charge in [0.15, 0.2) is 5.82 Å². The molecular weight excluding hydrogens is 292 g/mol. The third kappa shape index (κ3) is 3.06. The summed E-state index contributed by atoms with van der Waals surface area (Å²) >= 11 is 1.49. The van der Waals surface area contributed by atoms with Gasteiger partial charge in [0.2, 0.25) is 5.56 Å². The van der Waals surface area contributed by atoms with Crippen LogP contribution in [-0.2, 0) is 6.54 Å². The second kappa shape index (κ2) is 5.71. The van der Waals surface area contributed by atoms with Crippen LogP contribution in [-0.4, -0.2) is 21.0 Å². The molecule has 3 aromatic rings. The number of amides is 1. The van der Waals surface area contributed by atoms with Gasteiger partial charge in [0, 0.05) is 17.8 Å². The SMILES string of the molecule is O=C(NCc1noc(-c2cccs2)n1)c1cc[nH]c(=O)c1. The molecule has 0 aliphatic rings. The molecule has 0 radical (unpaired) electrons. The molecule has 21 heavy (non-hydrogen) atoms. The minimum absolute atomic E-state index is 0.126. The van der Waals surface area contributed by atoms with E-state index in [1.165, 1.54) is 29.7 Å². The Labute approximate surface area is 122 Å². The third-order valence-electron chi connectivity index (χ3n) is 2.64. The molecule has 106 valence electrons. The van der Waals surface area contributed by atoms with E-state index in [4.69, 9.17) is 4.52 Å². The minimum Gasteiger partial charge on any atom is -0.345 e. The van der Waals surface area contributed by atoms with Crippen molar-refractivity contribution in [1.82, 2.24) is 20.4 Å². The number of carbonyl (C=O) groups is 1. The van der Waals surface area contributed by atoms with Crippen LogP contribution in [0, 0.1) is 0 Å². The average molecular weight is 302 g/mol. The molecule has 3 rings (SSSR count). The lowest BCUT2D eigenvalue weighted by atomic mass is 10.2. The lowest BCUT2D eigenvalue weighted by Gasteiger charge is -2.01. The molecule has 1 amide bonds. The Balaban J connectivity index is 1.65. The Morgan fingerprint density at radius 1 is 1.43 bits per heavy atom. The number of nitrogens with one attached hydrogen (secondary N) is 2. The van der Waals surface area contributed by atoms with Gasteiger partial charge in [-0.3, -0.25) is 9.59 Å². The molecule has 0 aliphatic heterocycles. The summed E-state index contributed by atoms with van der Waals surface area (Å²) in [6.45, 7) is 0.126. The van der Waals surface area contributed by atoms with Gasteiger partial charge in [-0.15, -0.1) is 11.3 Å². The van der Waals surface area contributed by atoms with Crippen LogP contribution in [0.25, 0.3) is 10.8 Å². The van der Waals surface area contributed by atoms with Gasteiger partial charge in [-0.25, -0.2) is 0 Å². The Hall–Kier alpha value is -2.74. The van der Waals surface area contributed by atoms with E-state index < -0.39 is 0 Å². The van der Waals surface area contributed by atoms with Crippen LogP contribution >= 0.6 is 11.3 Å². The summed E-state index contributed by atoms with van der Waals surface area (Å²) in [5.74, 6) is 0.422. The van der Waals surface area contributed by atoms with Crippen LogP contribution in [0.3, 0.4) is 0 Å². The first-order valence-corrected chi connectivity index (χ1v) is 6.94. The summed E-state index contributed by atoms with van der Waals surface area (Å²) < 4.78 is 5.11. The molecule has 3 aromatic heterocycles. The molecule has 8 heteroatoms. The predicted molar refractivity (Wildman–Crippen MR) is 75.8 cm³/mol. The third-order valence-corrected chi connectivity index (χ3v) is 3.50. The van der Waals surface area contributed by atoms with Crippen LogP contribution in [0.15, 0.2) is 45.2 Å². The van der Waals surface area contributed by atoms with Crippen molar-refractivity contribution in [2.24, 2.45) is 0 Å². The zero-order valence-electron chi connectivity index (χ0n) is 10.7. The largest absolute Gasteiger partial charge is 0.345 e. The number of thiophene rings is 1. The average Bonchev–Trinajstić information content (AvgIpc) is 3.15. The molecule has 0 saturated carbocycles. The molecule has 7 nitrogen and oxygen atoms in total. The highest BCUT2D eigenvalue weighted by Crippen LogP contribution is 2.22. The maximum absolute atomic E-state index is 11.9. The maximum Gasteiger partial charge on any atom is 0.268 e. The first kappa shape index (κ1) is 13.3. The van der Waals surface area contributed by atoms with Gasteiger partial charge < -0.3 is 14.8 Å². The van der Waals surface area contributed by atoms with E-state index in [1.807, 2.05) is 17.5 Å². The van der Waals surface area contributed by atoms with E-state index in [0.29, 0.717) is 11.7 Å². The highest BCUT2D eigenvalue weighted by atomic mass is 32.1. The zero-order chi connectivity index (χ0) is 14.7. The second-order valence-corrected chi connectivity index (χ2v) is 5.07. The quantitative estimate of drug-likeness (QED) is 0.759. The summed E-state index contributed by atoms with van der Waals surface area (Å²) in [5, 5.41) is 8.33. The normalized spacial score (nSPS) is 10.5. The van der Waals surface area contributed by atoms with E-state index in [0.717, 1.165) is 4.88 Å². The van der Waals surface area contributed by atoms with Gasteiger partial charge in [-0.2, -0.15) is 4.98 Å². The number of carbonyl (C=O) groups excluding carboxylic acids is 1. The molecule has 3 heterocycles. The van der Waals surface area contributed by atoms with Crippen LogP contribution in [0.5, 0.6) is 0 Å². The fourth-order valence-corrected chi connectivity index (χ4v) is 2.32. The molecule has 0 spiro atoms. The fraction of sp³-hybridized carbons (Fsp3) is 0.0769. The number of rotatable bonds is 4. The van der Waals surface area contributed by atoms with Gasteiger partial charge in [0.05, 0.1) is 11.4 Å². The zero-order valence-corrected chi connectivity index (χ0v) is 11.5. The van der Waals surface area contributed by atoms with Crippen molar-refractivity contribution in [2.75, 3.05) is 0 Å². The van der Waals surface area contributed by atoms with Crippen molar-refractivity contribution in [3.8, 4) is 10.8 Å². The van der Waals surface area contributed by atoms with Crippen molar-refractivity contribution in [3.05, 3.63) is 57.6 Å². The lowest BCUT2D eigenvalue weighted by molar-refractivity contribution is 0.0949. The van der Waals surface area contributed by atoms with Crippen LogP contribution in [0.1, 0.15) is 16.2 Å². The van der Waals surface area contributed by atoms with Gasteiger partial charge in [-0.1, -0.05) is 11.2 Å². The number of pyridine rings is 1. The van der Waals surface area contributed by atoms with Crippen molar-refractivity contribution in [2.45, 2.75) is 6.54 Å². The predicted octanol–water partition coefficient (Wildman–Crippen LogP) is 1.42. The number of H-pyrrole nitrogens is 1. The van der Waals surface area contributed by atoms with Crippen LogP contribution < -0.4 is 10.9 Å². The van der Waals surface area contributed by atoms with E-state index in [9.17, 15) is 9.59 Å². The van der Waals surface area contributed by atoms with Gasteiger partial charge >= 0.3 is 0 Å². The van der Waals surface area contributed by atoms with Gasteiger partial charge in [0.1, 0.15) is 0 Å². The fourth-order valence-electron chi connectivity index (χ4n) is 1.67. The number of aromatic nitrogens is 3. The Morgan fingerprint density at radius 2 is 2.33 bits per heavy atom. The molecule has 2 N–H and O–H groups in total. The van der Waals surface area contributed by atoms with Crippen LogP contribution in [0.4, 0.5) is 0 Å². The minimum atomic E-state index is -0.372. The molecule has 0 aromatic carbocycles. The van der Waals surface area contributed by atoms with Crippen molar-refractivity contribution >= 4 is 17.2 Å². The lowest BCUT2D eigenvalue weighted by Crippen LogP contribution is -2.24. The highest BCUT2D eigenvalue weighted by molar-refractivity contribution is 7.13. The maximum atomic E-state index is 11.9. The number of hydrogen-bond acceptors (Lipinski definition) is 6. The smallest absolute Gasteiger partial charge is 0.268 e. The summed E-state index contributed by atoms with van der Waals surface area (Å²) in [6, 6.07) is 6.50. The Kier molecular flexibility index (Phi) is 3.61. The molecule has 0 unspecified atom stereocenters. The summed E-state index contributed by atoms with van der Waals surface area (Å²) in [4.78, 5) is 30.5. The number of nitrogens with zero attached hydrogens (tertiary/aromatic N) is 2. The van der Waals surface area contributed by atoms with E-state index in [-0.39, 0.29) is 23.6 Å². The first-order chi connectivity index (χ1) is 10.2.